The van der Waals surface area contributed by atoms with Gasteiger partial charge in [0.05, 0.1) is 17.4 Å². The first-order valence-electron chi connectivity index (χ1n) is 10.2. The molecule has 0 radical (unpaired) electrons. The van der Waals surface area contributed by atoms with Crippen LogP contribution in [0.4, 0.5) is 24.5 Å². The van der Waals surface area contributed by atoms with Crippen molar-refractivity contribution >= 4 is 29.4 Å². The molecule has 1 aliphatic heterocycles. The summed E-state index contributed by atoms with van der Waals surface area (Å²) >= 11 is 6.24. The van der Waals surface area contributed by atoms with Gasteiger partial charge >= 0.3 is 0 Å². The van der Waals surface area contributed by atoms with E-state index in [4.69, 9.17) is 11.6 Å². The maximum atomic E-state index is 14.4. The van der Waals surface area contributed by atoms with Crippen molar-refractivity contribution in [2.24, 2.45) is 0 Å². The van der Waals surface area contributed by atoms with Crippen molar-refractivity contribution in [3.8, 4) is 0 Å². The molecule has 1 fully saturated rings. The Balaban J connectivity index is 1.73. The first-order valence-corrected chi connectivity index (χ1v) is 10.6. The fraction of sp³-hybridized carbons (Fsp3) is 0.250. The zero-order chi connectivity index (χ0) is 22.8. The smallest absolute Gasteiger partial charge is 0.210 e. The molecule has 1 aliphatic rings. The monoisotopic (exact) mass is 459 g/mol. The van der Waals surface area contributed by atoms with Crippen molar-refractivity contribution in [2.45, 2.75) is 31.7 Å². The molecule has 0 bridgehead atoms. The Labute approximate surface area is 189 Å². The third-order valence-corrected chi connectivity index (χ3v) is 6.34. The number of carbonyl (C=O) groups is 1. The molecule has 2 heterocycles. The second-order valence-corrected chi connectivity index (χ2v) is 8.24. The summed E-state index contributed by atoms with van der Waals surface area (Å²) in [6.07, 6.45) is 3.68. The van der Waals surface area contributed by atoms with E-state index in [2.05, 4.69) is 10.3 Å². The van der Waals surface area contributed by atoms with Gasteiger partial charge in [-0.3, -0.25) is 4.79 Å². The number of hydrogen-bond donors (Lipinski definition) is 1. The molecule has 2 atom stereocenters. The third-order valence-electron chi connectivity index (χ3n) is 5.96. The molecule has 1 saturated heterocycles. The van der Waals surface area contributed by atoms with Crippen LogP contribution in [0.5, 0.6) is 0 Å². The van der Waals surface area contributed by atoms with E-state index in [-0.39, 0.29) is 28.6 Å². The minimum atomic E-state index is -0.747. The van der Waals surface area contributed by atoms with Gasteiger partial charge in [0.2, 0.25) is 6.41 Å². The molecule has 2 aromatic carbocycles. The van der Waals surface area contributed by atoms with E-state index in [0.717, 1.165) is 30.5 Å². The normalized spacial score (nSPS) is 18.5. The van der Waals surface area contributed by atoms with Gasteiger partial charge in [-0.05, 0) is 55.5 Å². The second-order valence-electron chi connectivity index (χ2n) is 7.89. The number of carbonyl (C=O) groups excluding carboxylic acids is 1. The van der Waals surface area contributed by atoms with Gasteiger partial charge in [-0.15, -0.1) is 0 Å². The quantitative estimate of drug-likeness (QED) is 0.360. The predicted octanol–water partition coefficient (Wildman–Crippen LogP) is 6.28. The Morgan fingerprint density at radius 2 is 1.84 bits per heavy atom. The average Bonchev–Trinajstić information content (AvgIpc) is 2.79. The lowest BCUT2D eigenvalue weighted by Gasteiger charge is -2.38. The van der Waals surface area contributed by atoms with Crippen molar-refractivity contribution in [3.05, 3.63) is 88.0 Å². The van der Waals surface area contributed by atoms with Gasteiger partial charge in [-0.2, -0.15) is 0 Å². The maximum absolute atomic E-state index is 14.4. The number of amides is 1. The van der Waals surface area contributed by atoms with Gasteiger partial charge in [0, 0.05) is 29.9 Å². The lowest BCUT2D eigenvalue weighted by molar-refractivity contribution is -0.121. The topological polar surface area (TPSA) is 45.2 Å². The van der Waals surface area contributed by atoms with Gasteiger partial charge in [0.25, 0.3) is 0 Å². The first-order chi connectivity index (χ1) is 15.4. The lowest BCUT2D eigenvalue weighted by atomic mass is 9.82. The molecular formula is C24H21ClF3N3O. The summed E-state index contributed by atoms with van der Waals surface area (Å²) in [4.78, 5) is 17.8. The van der Waals surface area contributed by atoms with Gasteiger partial charge < -0.3 is 10.2 Å². The van der Waals surface area contributed by atoms with Crippen LogP contribution in [0.2, 0.25) is 5.15 Å². The first kappa shape index (κ1) is 22.1. The van der Waals surface area contributed by atoms with E-state index < -0.39 is 11.6 Å². The molecule has 4 nitrogen and oxygen atoms in total. The number of halogens is 4. The molecule has 166 valence electrons. The summed E-state index contributed by atoms with van der Waals surface area (Å²) in [5.41, 5.74) is 2.85. The van der Waals surface area contributed by atoms with Crippen LogP contribution in [0.15, 0.2) is 48.7 Å². The summed E-state index contributed by atoms with van der Waals surface area (Å²) in [6, 6.07) is 9.27. The number of nitrogens with zero attached hydrogens (tertiary/aromatic N) is 2. The van der Waals surface area contributed by atoms with Crippen LogP contribution in [-0.2, 0) is 4.79 Å². The Bertz CT molecular complexity index is 1140. The molecule has 3 aromatic rings. The zero-order valence-corrected chi connectivity index (χ0v) is 18.0. The molecule has 4 rings (SSSR count). The zero-order valence-electron chi connectivity index (χ0n) is 17.3. The summed E-state index contributed by atoms with van der Waals surface area (Å²) in [7, 11) is 0. The molecular weight excluding hydrogens is 439 g/mol. The van der Waals surface area contributed by atoms with E-state index in [1.54, 1.807) is 30.2 Å². The highest BCUT2D eigenvalue weighted by Gasteiger charge is 2.32. The van der Waals surface area contributed by atoms with Crippen molar-refractivity contribution in [1.82, 2.24) is 9.88 Å². The molecule has 8 heteroatoms. The summed E-state index contributed by atoms with van der Waals surface area (Å²) in [5.74, 6) is -1.63. The second kappa shape index (κ2) is 9.20. The van der Waals surface area contributed by atoms with Crippen molar-refractivity contribution in [1.29, 1.82) is 0 Å². The number of aromatic nitrogens is 1. The van der Waals surface area contributed by atoms with E-state index in [1.165, 1.54) is 18.2 Å². The van der Waals surface area contributed by atoms with Crippen molar-refractivity contribution < 1.29 is 18.0 Å². The predicted molar refractivity (Wildman–Crippen MR) is 118 cm³/mol. The number of likely N-dealkylation sites (tertiary alicyclic amines) is 1. The summed E-state index contributed by atoms with van der Waals surface area (Å²) in [6.45, 7) is 2.25. The standard InChI is InChI=1S/C24H21ClF3N3O/c1-14-23(30-21-7-6-18(27)11-20(21)28)19(12-29-24(14)25)22-10-16(8-9-31(22)13-32)15-2-4-17(26)5-3-15/h2-7,11-13,16,22H,8-10H2,1H3,(H,29,30). The molecule has 1 aromatic heterocycles. The fourth-order valence-corrected chi connectivity index (χ4v) is 4.35. The fourth-order valence-electron chi connectivity index (χ4n) is 4.20. The maximum Gasteiger partial charge on any atom is 0.210 e. The molecule has 0 aliphatic carbocycles. The van der Waals surface area contributed by atoms with Crippen LogP contribution in [0.25, 0.3) is 0 Å². The number of piperidine rings is 1. The van der Waals surface area contributed by atoms with E-state index in [9.17, 15) is 18.0 Å². The summed E-state index contributed by atoms with van der Waals surface area (Å²) in [5, 5.41) is 3.26. The van der Waals surface area contributed by atoms with Gasteiger partial charge in [0.1, 0.15) is 22.6 Å². The Morgan fingerprint density at radius 1 is 1.12 bits per heavy atom. The van der Waals surface area contributed by atoms with Crippen LogP contribution in [0.1, 0.15) is 41.5 Å². The van der Waals surface area contributed by atoms with Gasteiger partial charge in [-0.25, -0.2) is 18.2 Å². The summed E-state index contributed by atoms with van der Waals surface area (Å²) < 4.78 is 41.1. The Hall–Kier alpha value is -3.06. The molecule has 1 N–H and O–H groups in total. The van der Waals surface area contributed by atoms with Crippen LogP contribution in [0.3, 0.4) is 0 Å². The molecule has 32 heavy (non-hydrogen) atoms. The Morgan fingerprint density at radius 3 is 2.53 bits per heavy atom. The molecule has 0 spiro atoms. The average molecular weight is 460 g/mol. The van der Waals surface area contributed by atoms with E-state index in [1.807, 2.05) is 0 Å². The number of benzene rings is 2. The van der Waals surface area contributed by atoms with Gasteiger partial charge in [-0.1, -0.05) is 23.7 Å². The Kier molecular flexibility index (Phi) is 6.37. The highest BCUT2D eigenvalue weighted by Crippen LogP contribution is 2.43. The number of pyridine rings is 1. The molecule has 0 saturated carbocycles. The highest BCUT2D eigenvalue weighted by molar-refractivity contribution is 6.30. The number of anilines is 2. The van der Waals surface area contributed by atoms with Crippen LogP contribution >= 0.6 is 11.6 Å². The van der Waals surface area contributed by atoms with Gasteiger partial charge in [0.15, 0.2) is 0 Å². The minimum Gasteiger partial charge on any atom is -0.352 e. The minimum absolute atomic E-state index is 0.0848. The number of rotatable bonds is 5. The van der Waals surface area contributed by atoms with Crippen molar-refractivity contribution in [3.63, 3.8) is 0 Å². The van der Waals surface area contributed by atoms with Crippen LogP contribution in [-0.4, -0.2) is 22.8 Å². The molecule has 1 amide bonds. The van der Waals surface area contributed by atoms with E-state index in [0.29, 0.717) is 29.8 Å². The lowest BCUT2D eigenvalue weighted by Crippen LogP contribution is -2.35. The van der Waals surface area contributed by atoms with Crippen molar-refractivity contribution in [2.75, 3.05) is 11.9 Å². The number of nitrogens with one attached hydrogen (secondary N) is 1. The van der Waals surface area contributed by atoms with Crippen LogP contribution in [0, 0.1) is 24.4 Å². The molecule has 2 unspecified atom stereocenters. The third kappa shape index (κ3) is 4.43. The highest BCUT2D eigenvalue weighted by atomic mass is 35.5. The SMILES string of the molecule is Cc1c(Cl)ncc(C2CC(c3ccc(F)cc3)CCN2C=O)c1Nc1ccc(F)cc1F. The largest absolute Gasteiger partial charge is 0.352 e. The van der Waals surface area contributed by atoms with Crippen LogP contribution < -0.4 is 5.32 Å². The number of hydrogen-bond acceptors (Lipinski definition) is 3. The van der Waals surface area contributed by atoms with E-state index >= 15 is 0 Å².